The molecule has 1 aliphatic rings. The molecule has 204 valence electrons. The zero-order valence-electron chi connectivity index (χ0n) is 19.8. The standard InChI is InChI=1S/C23H19Cl2N5O7S2/c24-15-1-7-19(25)21(13-15)38-20-8-6-18(30(34)35)14-22(20)39(36,37)28-11-9-27(10-12-28)23(31)26-16-2-4-17(5-3-16)29(32)33/h1-8,13-14H,9-12H2,(H,26,31). The van der Waals surface area contributed by atoms with Gasteiger partial charge in [0.1, 0.15) is 4.90 Å². The zero-order valence-corrected chi connectivity index (χ0v) is 23.0. The Morgan fingerprint density at radius 3 is 2.08 bits per heavy atom. The molecule has 16 heteroatoms. The molecule has 1 saturated heterocycles. The van der Waals surface area contributed by atoms with Crippen LogP contribution in [0, 0.1) is 20.2 Å². The van der Waals surface area contributed by atoms with Gasteiger partial charge in [-0.25, -0.2) is 13.2 Å². The topological polar surface area (TPSA) is 156 Å². The van der Waals surface area contributed by atoms with E-state index in [1.54, 1.807) is 18.2 Å². The van der Waals surface area contributed by atoms with Crippen LogP contribution in [0.3, 0.4) is 0 Å². The van der Waals surface area contributed by atoms with Crippen LogP contribution < -0.4 is 5.32 Å². The van der Waals surface area contributed by atoms with Gasteiger partial charge in [-0.2, -0.15) is 4.31 Å². The number of halogens is 2. The number of non-ortho nitro benzene ring substituents is 2. The van der Waals surface area contributed by atoms with Crippen molar-refractivity contribution in [1.29, 1.82) is 0 Å². The molecule has 0 radical (unpaired) electrons. The van der Waals surface area contributed by atoms with Crippen LogP contribution in [0.4, 0.5) is 21.9 Å². The minimum Gasteiger partial charge on any atom is -0.322 e. The molecule has 3 aromatic rings. The van der Waals surface area contributed by atoms with Crippen LogP contribution in [0.2, 0.25) is 10.0 Å². The van der Waals surface area contributed by atoms with E-state index in [2.05, 4.69) is 5.32 Å². The van der Waals surface area contributed by atoms with Crippen molar-refractivity contribution in [2.45, 2.75) is 14.7 Å². The van der Waals surface area contributed by atoms with Gasteiger partial charge in [0.05, 0.1) is 14.9 Å². The number of hydrogen-bond acceptors (Lipinski definition) is 8. The molecule has 3 aromatic carbocycles. The normalized spacial score (nSPS) is 14.2. The maximum Gasteiger partial charge on any atom is 0.321 e. The van der Waals surface area contributed by atoms with Gasteiger partial charge < -0.3 is 10.2 Å². The van der Waals surface area contributed by atoms with Crippen LogP contribution in [0.25, 0.3) is 0 Å². The quantitative estimate of drug-likeness (QED) is 0.271. The van der Waals surface area contributed by atoms with Gasteiger partial charge in [-0.05, 0) is 36.4 Å². The second-order valence-electron chi connectivity index (χ2n) is 8.19. The first-order valence-electron chi connectivity index (χ1n) is 11.2. The van der Waals surface area contributed by atoms with E-state index in [4.69, 9.17) is 23.2 Å². The molecular weight excluding hydrogens is 593 g/mol. The number of sulfonamides is 1. The van der Waals surface area contributed by atoms with Gasteiger partial charge in [0.25, 0.3) is 11.4 Å². The van der Waals surface area contributed by atoms with E-state index >= 15 is 0 Å². The summed E-state index contributed by atoms with van der Waals surface area (Å²) in [5.74, 6) is 0. The number of urea groups is 1. The third kappa shape index (κ3) is 6.59. The van der Waals surface area contributed by atoms with E-state index in [0.717, 1.165) is 22.1 Å². The third-order valence-corrected chi connectivity index (χ3v) is 9.60. The zero-order chi connectivity index (χ0) is 28.3. The van der Waals surface area contributed by atoms with Gasteiger partial charge in [0, 0.05) is 70.9 Å². The smallest absolute Gasteiger partial charge is 0.321 e. The van der Waals surface area contributed by atoms with Crippen LogP contribution in [0.5, 0.6) is 0 Å². The van der Waals surface area contributed by atoms with Gasteiger partial charge in [0.15, 0.2) is 0 Å². The van der Waals surface area contributed by atoms with E-state index in [1.807, 2.05) is 0 Å². The van der Waals surface area contributed by atoms with E-state index in [0.29, 0.717) is 20.6 Å². The number of nitro benzene ring substituents is 2. The van der Waals surface area contributed by atoms with Crippen molar-refractivity contribution in [3.05, 3.63) is 90.9 Å². The van der Waals surface area contributed by atoms with Crippen LogP contribution in [-0.4, -0.2) is 59.7 Å². The predicted octanol–water partition coefficient (Wildman–Crippen LogP) is 5.50. The first-order valence-corrected chi connectivity index (χ1v) is 14.2. The Labute approximate surface area is 236 Å². The van der Waals surface area contributed by atoms with Gasteiger partial charge in [-0.1, -0.05) is 35.0 Å². The fourth-order valence-corrected chi connectivity index (χ4v) is 7.02. The Morgan fingerprint density at radius 1 is 0.846 bits per heavy atom. The summed E-state index contributed by atoms with van der Waals surface area (Å²) < 4.78 is 28.4. The third-order valence-electron chi connectivity index (χ3n) is 5.72. The van der Waals surface area contributed by atoms with Gasteiger partial charge >= 0.3 is 6.03 Å². The summed E-state index contributed by atoms with van der Waals surface area (Å²) in [6, 6.07) is 13.1. The minimum absolute atomic E-state index is 0.0512. The number of carbonyl (C=O) groups is 1. The summed E-state index contributed by atoms with van der Waals surface area (Å²) in [4.78, 5) is 35.5. The second kappa shape index (κ2) is 11.8. The molecule has 0 aliphatic carbocycles. The van der Waals surface area contributed by atoms with E-state index < -0.39 is 31.6 Å². The Morgan fingerprint density at radius 2 is 1.46 bits per heavy atom. The van der Waals surface area contributed by atoms with E-state index in [1.165, 1.54) is 41.3 Å². The Balaban J connectivity index is 1.51. The highest BCUT2D eigenvalue weighted by Gasteiger charge is 2.33. The molecule has 39 heavy (non-hydrogen) atoms. The molecule has 1 fully saturated rings. The van der Waals surface area contributed by atoms with Crippen molar-refractivity contribution >= 4 is 68.1 Å². The van der Waals surface area contributed by atoms with Crippen molar-refractivity contribution in [2.75, 3.05) is 31.5 Å². The Kier molecular flexibility index (Phi) is 8.61. The predicted molar refractivity (Wildman–Crippen MR) is 146 cm³/mol. The van der Waals surface area contributed by atoms with Gasteiger partial charge in [-0.3, -0.25) is 20.2 Å². The number of nitro groups is 2. The molecule has 1 heterocycles. The molecule has 0 bridgehead atoms. The van der Waals surface area contributed by atoms with Crippen molar-refractivity contribution in [1.82, 2.24) is 9.21 Å². The lowest BCUT2D eigenvalue weighted by atomic mass is 10.3. The van der Waals surface area contributed by atoms with Crippen LogP contribution >= 0.6 is 35.0 Å². The molecule has 0 unspecified atom stereocenters. The highest BCUT2D eigenvalue weighted by Crippen LogP contribution is 2.40. The number of amides is 2. The maximum absolute atomic E-state index is 13.6. The van der Waals surface area contributed by atoms with Crippen molar-refractivity contribution in [2.24, 2.45) is 0 Å². The molecule has 1 aliphatic heterocycles. The SMILES string of the molecule is O=C(Nc1ccc([N+](=O)[O-])cc1)N1CCN(S(=O)(=O)c2cc([N+](=O)[O-])ccc2Sc2cc(Cl)ccc2Cl)CC1. The first kappa shape index (κ1) is 28.6. The average molecular weight is 612 g/mol. The van der Waals surface area contributed by atoms with Crippen molar-refractivity contribution in [3.63, 3.8) is 0 Å². The second-order valence-corrected chi connectivity index (χ2v) is 12.0. The lowest BCUT2D eigenvalue weighted by Crippen LogP contribution is -2.51. The Bertz CT molecular complexity index is 1550. The molecule has 0 saturated carbocycles. The van der Waals surface area contributed by atoms with Crippen LogP contribution in [0.1, 0.15) is 0 Å². The van der Waals surface area contributed by atoms with Crippen molar-refractivity contribution in [3.8, 4) is 0 Å². The van der Waals surface area contributed by atoms with E-state index in [9.17, 15) is 33.4 Å². The fourth-order valence-electron chi connectivity index (χ4n) is 3.71. The molecule has 1 N–H and O–H groups in total. The number of rotatable bonds is 7. The van der Waals surface area contributed by atoms with E-state index in [-0.39, 0.29) is 41.7 Å². The fraction of sp³-hybridized carbons (Fsp3) is 0.174. The number of hydrogen-bond donors (Lipinski definition) is 1. The van der Waals surface area contributed by atoms with Crippen LogP contribution in [0.15, 0.2) is 75.4 Å². The number of nitrogens with one attached hydrogen (secondary N) is 1. The summed E-state index contributed by atoms with van der Waals surface area (Å²) >= 11 is 13.3. The number of nitrogens with zero attached hydrogens (tertiary/aromatic N) is 4. The minimum atomic E-state index is -4.20. The molecule has 12 nitrogen and oxygen atoms in total. The number of piperazine rings is 1. The molecule has 0 aromatic heterocycles. The number of benzene rings is 3. The largest absolute Gasteiger partial charge is 0.322 e. The lowest BCUT2D eigenvalue weighted by molar-refractivity contribution is -0.385. The molecular formula is C23H19Cl2N5O7S2. The van der Waals surface area contributed by atoms with Crippen molar-refractivity contribution < 1.29 is 23.1 Å². The lowest BCUT2D eigenvalue weighted by Gasteiger charge is -2.34. The highest BCUT2D eigenvalue weighted by molar-refractivity contribution is 8.00. The molecule has 4 rings (SSSR count). The Hall–Kier alpha value is -3.43. The molecule has 2 amide bonds. The molecule has 0 atom stereocenters. The van der Waals surface area contributed by atoms with Gasteiger partial charge in [-0.15, -0.1) is 0 Å². The highest BCUT2D eigenvalue weighted by atomic mass is 35.5. The summed E-state index contributed by atoms with van der Waals surface area (Å²) in [5.41, 5.74) is -0.169. The first-order chi connectivity index (χ1) is 18.5. The monoisotopic (exact) mass is 611 g/mol. The summed E-state index contributed by atoms with van der Waals surface area (Å²) in [5, 5.41) is 25.6. The summed E-state index contributed by atoms with van der Waals surface area (Å²) in [6.45, 7) is -0.00733. The average Bonchev–Trinajstić information content (AvgIpc) is 2.91. The molecule has 0 spiro atoms. The van der Waals surface area contributed by atoms with Crippen LogP contribution in [-0.2, 0) is 10.0 Å². The maximum atomic E-state index is 13.6. The summed E-state index contributed by atoms with van der Waals surface area (Å²) in [7, 11) is -4.20. The summed E-state index contributed by atoms with van der Waals surface area (Å²) in [6.07, 6.45) is 0. The number of anilines is 1. The number of carbonyl (C=O) groups excluding carboxylic acids is 1. The van der Waals surface area contributed by atoms with Gasteiger partial charge in [0.2, 0.25) is 10.0 Å².